The lowest BCUT2D eigenvalue weighted by atomic mass is 10.5. The van der Waals surface area contributed by atoms with Gasteiger partial charge in [0.1, 0.15) is 6.35 Å². The van der Waals surface area contributed by atoms with E-state index in [1.165, 1.54) is 0 Å². The van der Waals surface area contributed by atoms with Gasteiger partial charge in [0.15, 0.2) is 0 Å². The molecule has 0 bridgehead atoms. The Bertz CT molecular complexity index is 120. The fourth-order valence-corrected chi connectivity index (χ4v) is 1.05. The normalized spacial score (nSPS) is 12.6. The van der Waals surface area contributed by atoms with Gasteiger partial charge in [-0.15, -0.1) is 0 Å². The minimum absolute atomic E-state index is 0.0239. The monoisotopic (exact) mass is 190 g/mol. The van der Waals surface area contributed by atoms with Gasteiger partial charge in [-0.2, -0.15) is 0 Å². The van der Waals surface area contributed by atoms with Crippen LogP contribution in [0.3, 0.4) is 0 Å². The van der Waals surface area contributed by atoms with Crippen LogP contribution in [-0.4, -0.2) is 12.5 Å². The lowest BCUT2D eigenvalue weighted by Gasteiger charge is -2.06. The maximum atomic E-state index is 10.5. The molecule has 0 aromatic heterocycles. The van der Waals surface area contributed by atoms with Crippen LogP contribution in [0.5, 0.6) is 0 Å². The van der Waals surface area contributed by atoms with E-state index in [-0.39, 0.29) is 12.5 Å². The fourth-order valence-electron chi connectivity index (χ4n) is 0.236. The summed E-state index contributed by atoms with van der Waals surface area (Å²) < 4.78 is 15.4. The Labute approximate surface area is 64.4 Å². The molecule has 0 radical (unpaired) electrons. The number of halogens is 2. The standard InChI is InChI=1S/C4H9Cl2O2P/c1-4(2)8-3-9(5,6)7/h4H,3H2,1-2H3. The molecule has 0 heterocycles. The van der Waals surface area contributed by atoms with Crippen molar-refractivity contribution < 1.29 is 9.30 Å². The van der Waals surface area contributed by atoms with Crippen molar-refractivity contribution in [3.05, 3.63) is 0 Å². The van der Waals surface area contributed by atoms with Gasteiger partial charge in [-0.25, -0.2) is 0 Å². The molecule has 0 rings (SSSR count). The summed E-state index contributed by atoms with van der Waals surface area (Å²) in [6.07, 6.45) is -0.0378. The average Bonchev–Trinajstić information content (AvgIpc) is 1.59. The van der Waals surface area contributed by atoms with Crippen LogP contribution < -0.4 is 0 Å². The summed E-state index contributed by atoms with van der Waals surface area (Å²) in [5, 5.41) is 0. The second kappa shape index (κ2) is 3.82. The van der Waals surface area contributed by atoms with E-state index in [1.807, 2.05) is 13.8 Å². The van der Waals surface area contributed by atoms with Gasteiger partial charge < -0.3 is 4.74 Å². The Hall–Kier alpha value is 0.770. The summed E-state index contributed by atoms with van der Waals surface area (Å²) in [4.78, 5) is 0. The second-order valence-corrected chi connectivity index (χ2v) is 7.11. The maximum Gasteiger partial charge on any atom is 0.277 e. The zero-order chi connectivity index (χ0) is 7.49. The fraction of sp³-hybridized carbons (Fsp3) is 1.00. The van der Waals surface area contributed by atoms with Crippen molar-refractivity contribution in [2.45, 2.75) is 20.0 Å². The van der Waals surface area contributed by atoms with E-state index in [9.17, 15) is 4.57 Å². The average molecular weight is 191 g/mol. The Morgan fingerprint density at radius 1 is 1.56 bits per heavy atom. The molecule has 0 amide bonds. The van der Waals surface area contributed by atoms with Crippen molar-refractivity contribution in [1.29, 1.82) is 0 Å². The SMILES string of the molecule is CC(C)OCP(=O)(Cl)Cl. The molecule has 0 aromatic carbocycles. The lowest BCUT2D eigenvalue weighted by Crippen LogP contribution is -2.01. The van der Waals surface area contributed by atoms with E-state index in [0.717, 1.165) is 0 Å². The van der Waals surface area contributed by atoms with Crippen LogP contribution in [0.1, 0.15) is 13.8 Å². The molecule has 9 heavy (non-hydrogen) atoms. The van der Waals surface area contributed by atoms with E-state index in [4.69, 9.17) is 27.2 Å². The Kier molecular flexibility index (Phi) is 4.15. The van der Waals surface area contributed by atoms with Gasteiger partial charge in [-0.05, 0) is 36.3 Å². The summed E-state index contributed by atoms with van der Waals surface area (Å²) >= 11 is 10.3. The molecule has 0 unspecified atom stereocenters. The first-order valence-electron chi connectivity index (χ1n) is 2.52. The van der Waals surface area contributed by atoms with Crippen molar-refractivity contribution >= 4 is 28.3 Å². The largest absolute Gasteiger partial charge is 0.369 e. The highest BCUT2D eigenvalue weighted by Gasteiger charge is 2.13. The number of rotatable bonds is 3. The van der Waals surface area contributed by atoms with E-state index >= 15 is 0 Å². The van der Waals surface area contributed by atoms with Gasteiger partial charge in [0.25, 0.3) is 5.85 Å². The van der Waals surface area contributed by atoms with Crippen LogP contribution >= 0.6 is 28.3 Å². The van der Waals surface area contributed by atoms with Gasteiger partial charge in [0, 0.05) is 0 Å². The maximum absolute atomic E-state index is 10.5. The molecule has 0 saturated heterocycles. The molecule has 2 nitrogen and oxygen atoms in total. The van der Waals surface area contributed by atoms with Crippen LogP contribution in [0, 0.1) is 0 Å². The van der Waals surface area contributed by atoms with Crippen LogP contribution in [0.25, 0.3) is 0 Å². The Morgan fingerprint density at radius 3 is 2.11 bits per heavy atom. The zero-order valence-corrected chi connectivity index (χ0v) is 7.71. The summed E-state index contributed by atoms with van der Waals surface area (Å²) in [6, 6.07) is 0. The quantitative estimate of drug-likeness (QED) is 0.640. The minimum atomic E-state index is -3.00. The highest BCUT2D eigenvalue weighted by atomic mass is 35.9. The molecule has 0 N–H and O–H groups in total. The van der Waals surface area contributed by atoms with Crippen LogP contribution in [0.15, 0.2) is 0 Å². The zero-order valence-electron chi connectivity index (χ0n) is 5.30. The molecule has 0 atom stereocenters. The van der Waals surface area contributed by atoms with Crippen molar-refractivity contribution in [1.82, 2.24) is 0 Å². The highest BCUT2D eigenvalue weighted by molar-refractivity contribution is 8.08. The van der Waals surface area contributed by atoms with E-state index in [2.05, 4.69) is 0 Å². The van der Waals surface area contributed by atoms with Gasteiger partial charge >= 0.3 is 0 Å². The lowest BCUT2D eigenvalue weighted by molar-refractivity contribution is 0.116. The van der Waals surface area contributed by atoms with Gasteiger partial charge in [-0.3, -0.25) is 4.57 Å². The highest BCUT2D eigenvalue weighted by Crippen LogP contribution is 2.56. The van der Waals surface area contributed by atoms with Crippen molar-refractivity contribution in [3.63, 3.8) is 0 Å². The van der Waals surface area contributed by atoms with Crippen molar-refractivity contribution in [2.24, 2.45) is 0 Å². The summed E-state index contributed by atoms with van der Waals surface area (Å²) in [6.45, 7) is 3.65. The first kappa shape index (κ1) is 9.77. The molecular weight excluding hydrogens is 182 g/mol. The molecule has 0 aliphatic rings. The third kappa shape index (κ3) is 8.77. The van der Waals surface area contributed by atoms with Gasteiger partial charge in [-0.1, -0.05) is 0 Å². The van der Waals surface area contributed by atoms with E-state index in [0.29, 0.717) is 0 Å². The van der Waals surface area contributed by atoms with E-state index < -0.39 is 5.85 Å². The predicted octanol–water partition coefficient (Wildman–Crippen LogP) is 3.04. The Balaban J connectivity index is 3.40. The first-order chi connectivity index (χ1) is 3.92. The Morgan fingerprint density at radius 2 is 2.00 bits per heavy atom. The smallest absolute Gasteiger partial charge is 0.277 e. The van der Waals surface area contributed by atoms with Crippen LogP contribution in [-0.2, 0) is 9.30 Å². The molecule has 0 fully saturated rings. The van der Waals surface area contributed by atoms with Crippen LogP contribution in [0.2, 0.25) is 0 Å². The molecule has 0 aromatic rings. The van der Waals surface area contributed by atoms with Crippen molar-refractivity contribution in [3.8, 4) is 0 Å². The molecule has 0 spiro atoms. The summed E-state index contributed by atoms with van der Waals surface area (Å²) in [5.41, 5.74) is 0. The second-order valence-electron chi connectivity index (χ2n) is 1.91. The van der Waals surface area contributed by atoms with Gasteiger partial charge in [0.05, 0.1) is 6.10 Å². The first-order valence-corrected chi connectivity index (χ1v) is 6.22. The predicted molar refractivity (Wildman–Crippen MR) is 40.4 cm³/mol. The van der Waals surface area contributed by atoms with Crippen LogP contribution in [0.4, 0.5) is 0 Å². The molecule has 5 heteroatoms. The molecule has 0 aliphatic carbocycles. The molecule has 56 valence electrons. The topological polar surface area (TPSA) is 26.3 Å². The molecule has 0 saturated carbocycles. The molecule has 0 aliphatic heterocycles. The molecular formula is C4H9Cl2O2P. The third-order valence-corrected chi connectivity index (χ3v) is 1.59. The van der Waals surface area contributed by atoms with Gasteiger partial charge in [0.2, 0.25) is 0 Å². The number of hydrogen-bond donors (Lipinski definition) is 0. The minimum Gasteiger partial charge on any atom is -0.369 e. The van der Waals surface area contributed by atoms with E-state index in [1.54, 1.807) is 0 Å². The summed E-state index contributed by atoms with van der Waals surface area (Å²) in [7, 11) is 0. The van der Waals surface area contributed by atoms with Crippen molar-refractivity contribution in [2.75, 3.05) is 6.35 Å². The number of ether oxygens (including phenoxy) is 1. The summed E-state index contributed by atoms with van der Waals surface area (Å²) in [5.74, 6) is -3.00. The third-order valence-electron chi connectivity index (χ3n) is 0.558. The number of hydrogen-bond acceptors (Lipinski definition) is 2.